The average molecular weight is 713 g/mol. The first-order valence-corrected chi connectivity index (χ1v) is 16.7. The summed E-state index contributed by atoms with van der Waals surface area (Å²) in [5.74, 6) is 0. The van der Waals surface area contributed by atoms with Crippen LogP contribution in [-0.4, -0.2) is 3.21 Å². The molecule has 5 aromatic rings. The number of halogens is 2. The molecular weight excluding hydrogens is 667 g/mol. The normalized spacial score (nSPS) is 12.0. The van der Waals surface area contributed by atoms with E-state index in [9.17, 15) is 0 Å². The molecule has 234 valence electrons. The Balaban J connectivity index is 0.000000265. The third-order valence-corrected chi connectivity index (χ3v) is 8.89. The van der Waals surface area contributed by atoms with E-state index in [-0.39, 0.29) is 35.6 Å². The zero-order valence-corrected chi connectivity index (χ0v) is 31.6. The maximum atomic E-state index is 2.99. The van der Waals surface area contributed by atoms with Crippen molar-refractivity contribution in [3.8, 4) is 0 Å². The molecular formula is C42H46Cl2Zr-2. The molecule has 6 rings (SSSR count). The van der Waals surface area contributed by atoms with Crippen LogP contribution < -0.4 is 24.8 Å². The maximum absolute atomic E-state index is 2.99. The van der Waals surface area contributed by atoms with Gasteiger partial charge in [-0.05, 0) is 10.8 Å². The van der Waals surface area contributed by atoms with Crippen molar-refractivity contribution in [2.24, 2.45) is 0 Å². The minimum absolute atomic E-state index is 0. The van der Waals surface area contributed by atoms with Gasteiger partial charge in [-0.15, -0.1) is 46.2 Å². The van der Waals surface area contributed by atoms with Gasteiger partial charge in [0.2, 0.25) is 0 Å². The van der Waals surface area contributed by atoms with E-state index >= 15 is 0 Å². The fourth-order valence-corrected chi connectivity index (χ4v) is 5.95. The quantitative estimate of drug-likeness (QED) is 0.220. The number of rotatable bonds is 5. The van der Waals surface area contributed by atoms with Gasteiger partial charge in [-0.25, -0.2) is 12.2 Å². The molecule has 0 atom stereocenters. The van der Waals surface area contributed by atoms with Crippen LogP contribution >= 0.6 is 0 Å². The van der Waals surface area contributed by atoms with Crippen molar-refractivity contribution in [3.05, 3.63) is 150 Å². The van der Waals surface area contributed by atoms with Crippen molar-refractivity contribution in [3.63, 3.8) is 0 Å². The van der Waals surface area contributed by atoms with E-state index in [0.717, 1.165) is 12.8 Å². The van der Waals surface area contributed by atoms with Crippen LogP contribution in [0, 0.1) is 6.08 Å². The molecule has 0 heterocycles. The van der Waals surface area contributed by atoms with Crippen molar-refractivity contribution in [2.75, 3.05) is 0 Å². The van der Waals surface area contributed by atoms with Gasteiger partial charge in [0.25, 0.3) is 0 Å². The Morgan fingerprint density at radius 2 is 1.18 bits per heavy atom. The van der Waals surface area contributed by atoms with Crippen LogP contribution in [0.1, 0.15) is 76.6 Å². The molecule has 0 radical (unpaired) electrons. The Morgan fingerprint density at radius 3 is 1.58 bits per heavy atom. The summed E-state index contributed by atoms with van der Waals surface area (Å²) < 4.78 is 1.65. The van der Waals surface area contributed by atoms with E-state index in [1.54, 1.807) is 27.4 Å². The number of benzene rings is 4. The van der Waals surface area contributed by atoms with Gasteiger partial charge < -0.3 is 24.8 Å². The first kappa shape index (κ1) is 38.7. The Hall–Kier alpha value is -2.44. The number of hydrogen-bond donors (Lipinski definition) is 0. The fraction of sp³-hybridized carbons (Fsp3) is 0.286. The monoisotopic (exact) mass is 710 g/mol. The Labute approximate surface area is 299 Å². The van der Waals surface area contributed by atoms with E-state index in [2.05, 4.69) is 157 Å². The summed E-state index contributed by atoms with van der Waals surface area (Å²) in [6.45, 7) is 13.7. The molecule has 1 aliphatic carbocycles. The van der Waals surface area contributed by atoms with Crippen LogP contribution in [0.4, 0.5) is 0 Å². The SMILES string of the molecule is CC(C)(C)c1ccc2[cH-]c3ccc(C(C)(C)C)cc3c2c1.[C-]1=CC=CC1.[Cl-].[Cl-].[Zr+2]=[C](CCc1ccccc1)Cc1ccccc1. The van der Waals surface area contributed by atoms with Gasteiger partial charge in [0.1, 0.15) is 0 Å². The van der Waals surface area contributed by atoms with E-state index in [1.165, 1.54) is 56.6 Å². The second-order valence-electron chi connectivity index (χ2n) is 13.5. The molecule has 5 aromatic carbocycles. The number of aryl methyl sites for hydroxylation is 1. The summed E-state index contributed by atoms with van der Waals surface area (Å²) in [5.41, 5.74) is 6.08. The molecule has 0 amide bonds. The molecule has 45 heavy (non-hydrogen) atoms. The molecule has 0 aromatic heterocycles. The van der Waals surface area contributed by atoms with Crippen LogP contribution in [0.3, 0.4) is 0 Å². The molecule has 0 fully saturated rings. The van der Waals surface area contributed by atoms with Crippen molar-refractivity contribution in [2.45, 2.75) is 78.1 Å². The van der Waals surface area contributed by atoms with E-state index < -0.39 is 0 Å². The average Bonchev–Trinajstić information content (AvgIpc) is 3.68. The van der Waals surface area contributed by atoms with Crippen LogP contribution in [0.5, 0.6) is 0 Å². The van der Waals surface area contributed by atoms with Gasteiger partial charge in [-0.3, -0.25) is 6.08 Å². The summed E-state index contributed by atoms with van der Waals surface area (Å²) in [7, 11) is 0. The van der Waals surface area contributed by atoms with Gasteiger partial charge in [0.15, 0.2) is 0 Å². The molecule has 0 saturated heterocycles. The summed E-state index contributed by atoms with van der Waals surface area (Å²) in [5, 5.41) is 5.49. The van der Waals surface area contributed by atoms with Gasteiger partial charge >= 0.3 is 118 Å². The van der Waals surface area contributed by atoms with Crippen LogP contribution in [0.2, 0.25) is 0 Å². The summed E-state index contributed by atoms with van der Waals surface area (Å²) >= 11 is 1.57. The molecule has 3 heteroatoms. The first-order chi connectivity index (χ1) is 20.5. The topological polar surface area (TPSA) is 0 Å². The van der Waals surface area contributed by atoms with E-state index in [0.29, 0.717) is 0 Å². The van der Waals surface area contributed by atoms with Crippen molar-refractivity contribution in [1.82, 2.24) is 0 Å². The van der Waals surface area contributed by atoms with Crippen LogP contribution in [0.25, 0.3) is 21.5 Å². The molecule has 0 spiro atoms. The van der Waals surface area contributed by atoms with Gasteiger partial charge in [0, 0.05) is 0 Å². The summed E-state index contributed by atoms with van der Waals surface area (Å²) in [6, 6.07) is 37.6. The Morgan fingerprint density at radius 1 is 0.689 bits per heavy atom. The van der Waals surface area contributed by atoms with Crippen LogP contribution in [0.15, 0.2) is 121 Å². The van der Waals surface area contributed by atoms with E-state index in [1.807, 2.05) is 12.2 Å². The van der Waals surface area contributed by atoms with Crippen molar-refractivity contribution < 1.29 is 49.0 Å². The Bertz CT molecular complexity index is 1600. The number of fused-ring (bicyclic) bond motifs is 3. The molecule has 0 unspecified atom stereocenters. The zero-order chi connectivity index (χ0) is 30.9. The molecule has 0 aliphatic heterocycles. The molecule has 0 saturated carbocycles. The third-order valence-electron chi connectivity index (χ3n) is 7.84. The van der Waals surface area contributed by atoms with E-state index in [4.69, 9.17) is 0 Å². The number of allylic oxidation sites excluding steroid dienone is 4. The fourth-order valence-electron chi connectivity index (χ4n) is 5.14. The molecule has 0 bridgehead atoms. The number of hydrogen-bond acceptors (Lipinski definition) is 0. The second kappa shape index (κ2) is 18.0. The summed E-state index contributed by atoms with van der Waals surface area (Å²) in [4.78, 5) is 0. The van der Waals surface area contributed by atoms with Crippen LogP contribution in [-0.2, 0) is 47.9 Å². The third kappa shape index (κ3) is 12.0. The van der Waals surface area contributed by atoms with Crippen molar-refractivity contribution >= 4 is 24.8 Å². The predicted octanol–water partition coefficient (Wildman–Crippen LogP) is 5.20. The molecule has 0 nitrogen and oxygen atoms in total. The molecule has 1 aliphatic rings. The zero-order valence-electron chi connectivity index (χ0n) is 27.6. The van der Waals surface area contributed by atoms with Gasteiger partial charge in [-0.1, -0.05) is 76.9 Å². The standard InChI is InChI=1S/C21H25.C16H16.C5H5.2ClH.Zr/c1-20(2,3)16-9-7-14-11-15-8-10-17(21(4,5)6)13-19(15)18(14)12-16;1-3-9-15(10-4-1)13-7-8-14-16-11-5-2-6-12-16;1-2-4-5-3-1;;;/h7-13H,1-6H3;1-6,9-12H,7,13-14H2;1-3H,4H2;2*1H;/q-1;;-1;;;+2/p-2. The first-order valence-electron chi connectivity index (χ1n) is 15.5. The minimum atomic E-state index is 0. The Kier molecular flexibility index (Phi) is 15.5. The molecule has 0 N–H and O–H groups in total. The second-order valence-corrected chi connectivity index (χ2v) is 15.2. The van der Waals surface area contributed by atoms with Gasteiger partial charge in [0.05, 0.1) is 0 Å². The summed E-state index contributed by atoms with van der Waals surface area (Å²) in [6.07, 6.45) is 13.5. The van der Waals surface area contributed by atoms with Gasteiger partial charge in [-0.2, -0.15) is 6.08 Å². The van der Waals surface area contributed by atoms with Crippen molar-refractivity contribution in [1.29, 1.82) is 0 Å². The predicted molar refractivity (Wildman–Crippen MR) is 186 cm³/mol.